The third-order valence-electron chi connectivity index (χ3n) is 3.41. The Labute approximate surface area is 111 Å². The Morgan fingerprint density at radius 1 is 1.47 bits per heavy atom. The highest BCUT2D eigenvalue weighted by Gasteiger charge is 2.30. The zero-order valence-corrected chi connectivity index (χ0v) is 11.0. The molecule has 1 heterocycles. The number of carbonyl (C=O) groups is 1. The molecule has 2 N–H and O–H groups in total. The van der Waals surface area contributed by atoms with Crippen LogP contribution in [0.2, 0.25) is 0 Å². The molecule has 1 fully saturated rings. The van der Waals surface area contributed by atoms with Crippen LogP contribution in [-0.4, -0.2) is 23.4 Å². The number of benzene rings is 1. The van der Waals surface area contributed by atoms with E-state index in [-0.39, 0.29) is 17.5 Å². The predicted molar refractivity (Wildman–Crippen MR) is 72.0 cm³/mol. The molecule has 0 unspecified atom stereocenters. The zero-order valence-electron chi connectivity index (χ0n) is 11.0. The van der Waals surface area contributed by atoms with Gasteiger partial charge in [0.25, 0.3) is 5.69 Å². The van der Waals surface area contributed by atoms with E-state index < -0.39 is 11.0 Å². The molecule has 0 radical (unpaired) electrons. The summed E-state index contributed by atoms with van der Waals surface area (Å²) in [6.07, 6.45) is 0.864. The van der Waals surface area contributed by atoms with E-state index in [1.165, 1.54) is 6.07 Å². The molecule has 1 aromatic carbocycles. The summed E-state index contributed by atoms with van der Waals surface area (Å²) in [5.41, 5.74) is 1.31. The Bertz CT molecular complexity index is 516. The summed E-state index contributed by atoms with van der Waals surface area (Å²) < 4.78 is 0. The van der Waals surface area contributed by atoms with Gasteiger partial charge in [0, 0.05) is 12.6 Å². The molecule has 6 nitrogen and oxygen atoms in total. The van der Waals surface area contributed by atoms with Crippen LogP contribution in [0.15, 0.2) is 18.2 Å². The first-order chi connectivity index (χ1) is 8.99. The van der Waals surface area contributed by atoms with E-state index in [4.69, 9.17) is 0 Å². The Kier molecular flexibility index (Phi) is 3.69. The lowest BCUT2D eigenvalue weighted by atomic mass is 9.93. The van der Waals surface area contributed by atoms with E-state index in [1.807, 2.05) is 13.8 Å². The van der Waals surface area contributed by atoms with Crippen LogP contribution in [0.5, 0.6) is 0 Å². The number of nitro groups is 1. The molecule has 2 atom stereocenters. The van der Waals surface area contributed by atoms with Crippen LogP contribution in [-0.2, 0) is 4.79 Å². The summed E-state index contributed by atoms with van der Waals surface area (Å²) in [6, 6.07) is 4.43. The number of anilines is 1. The third kappa shape index (κ3) is 2.83. The van der Waals surface area contributed by atoms with Crippen molar-refractivity contribution in [1.82, 2.24) is 5.32 Å². The first-order valence-corrected chi connectivity index (χ1v) is 6.28. The smallest absolute Gasteiger partial charge is 0.292 e. The summed E-state index contributed by atoms with van der Waals surface area (Å²) in [6.45, 7) is 4.49. The van der Waals surface area contributed by atoms with Crippen molar-refractivity contribution in [1.29, 1.82) is 0 Å². The van der Waals surface area contributed by atoms with E-state index in [1.54, 1.807) is 12.1 Å². The van der Waals surface area contributed by atoms with Gasteiger partial charge in [0.15, 0.2) is 0 Å². The summed E-state index contributed by atoms with van der Waals surface area (Å²) >= 11 is 0. The van der Waals surface area contributed by atoms with Gasteiger partial charge in [-0.25, -0.2) is 0 Å². The van der Waals surface area contributed by atoms with Crippen LogP contribution in [0.3, 0.4) is 0 Å². The van der Waals surface area contributed by atoms with Crippen LogP contribution in [0, 0.1) is 23.0 Å². The molecule has 1 amide bonds. The Morgan fingerprint density at radius 3 is 2.84 bits per heavy atom. The monoisotopic (exact) mass is 263 g/mol. The standard InChI is InChI=1S/C13H17N3O3/c1-8-3-4-11(16(18)19)10(7-8)15-12-9(2)5-6-14-13(12)17/h3-4,7,9,12,15H,5-6H2,1-2H3,(H,14,17)/t9-,12-/m0/s1. The first kappa shape index (κ1) is 13.3. The van der Waals surface area contributed by atoms with Gasteiger partial charge in [-0.1, -0.05) is 13.0 Å². The average molecular weight is 263 g/mol. The van der Waals surface area contributed by atoms with Crippen molar-refractivity contribution in [3.63, 3.8) is 0 Å². The second-order valence-corrected chi connectivity index (χ2v) is 4.96. The normalized spacial score (nSPS) is 22.7. The van der Waals surface area contributed by atoms with Gasteiger partial charge in [-0.2, -0.15) is 0 Å². The fourth-order valence-electron chi connectivity index (χ4n) is 2.26. The van der Waals surface area contributed by atoms with E-state index in [9.17, 15) is 14.9 Å². The zero-order chi connectivity index (χ0) is 14.0. The molecule has 6 heteroatoms. The molecule has 0 bridgehead atoms. The number of aryl methyl sites for hydroxylation is 1. The third-order valence-corrected chi connectivity index (χ3v) is 3.41. The van der Waals surface area contributed by atoms with Gasteiger partial charge in [-0.05, 0) is 30.9 Å². The molecule has 1 aliphatic heterocycles. The topological polar surface area (TPSA) is 84.3 Å². The second-order valence-electron chi connectivity index (χ2n) is 4.96. The van der Waals surface area contributed by atoms with Gasteiger partial charge in [-0.15, -0.1) is 0 Å². The molecule has 1 saturated heterocycles. The predicted octanol–water partition coefficient (Wildman–Crippen LogP) is 1.84. The van der Waals surface area contributed by atoms with Crippen LogP contribution >= 0.6 is 0 Å². The average Bonchev–Trinajstić information content (AvgIpc) is 2.33. The lowest BCUT2D eigenvalue weighted by Gasteiger charge is -2.29. The van der Waals surface area contributed by atoms with E-state index in [0.29, 0.717) is 12.2 Å². The molecule has 2 rings (SSSR count). The Hall–Kier alpha value is -2.11. The van der Waals surface area contributed by atoms with Crippen molar-refractivity contribution in [2.45, 2.75) is 26.3 Å². The largest absolute Gasteiger partial charge is 0.368 e. The number of rotatable bonds is 3. The molecular formula is C13H17N3O3. The minimum Gasteiger partial charge on any atom is -0.368 e. The Morgan fingerprint density at radius 2 is 2.21 bits per heavy atom. The van der Waals surface area contributed by atoms with Gasteiger partial charge in [0.05, 0.1) is 4.92 Å². The molecule has 102 valence electrons. The van der Waals surface area contributed by atoms with Crippen molar-refractivity contribution < 1.29 is 9.72 Å². The van der Waals surface area contributed by atoms with Gasteiger partial charge in [0.1, 0.15) is 11.7 Å². The number of hydrogen-bond acceptors (Lipinski definition) is 4. The van der Waals surface area contributed by atoms with E-state index in [2.05, 4.69) is 10.6 Å². The van der Waals surface area contributed by atoms with Crippen LogP contribution in [0.4, 0.5) is 11.4 Å². The van der Waals surface area contributed by atoms with Gasteiger partial charge >= 0.3 is 0 Å². The van der Waals surface area contributed by atoms with Crippen LogP contribution in [0.1, 0.15) is 18.9 Å². The fraction of sp³-hybridized carbons (Fsp3) is 0.462. The van der Waals surface area contributed by atoms with E-state index in [0.717, 1.165) is 12.0 Å². The van der Waals surface area contributed by atoms with Gasteiger partial charge in [-0.3, -0.25) is 14.9 Å². The molecule has 0 aliphatic carbocycles. The van der Waals surface area contributed by atoms with Crippen LogP contribution in [0.25, 0.3) is 0 Å². The highest BCUT2D eigenvalue weighted by molar-refractivity contribution is 5.86. The molecule has 1 aliphatic rings. The number of hydrogen-bond donors (Lipinski definition) is 2. The highest BCUT2D eigenvalue weighted by Crippen LogP contribution is 2.28. The Balaban J connectivity index is 2.29. The lowest BCUT2D eigenvalue weighted by molar-refractivity contribution is -0.384. The number of nitrogens with one attached hydrogen (secondary N) is 2. The minimum atomic E-state index is -0.437. The second kappa shape index (κ2) is 5.26. The minimum absolute atomic E-state index is 0.00354. The molecular weight excluding hydrogens is 246 g/mol. The van der Waals surface area contributed by atoms with Crippen molar-refractivity contribution in [3.05, 3.63) is 33.9 Å². The molecule has 0 saturated carbocycles. The maximum atomic E-state index is 11.8. The lowest BCUT2D eigenvalue weighted by Crippen LogP contribution is -2.49. The maximum absolute atomic E-state index is 11.8. The van der Waals surface area contributed by atoms with Crippen molar-refractivity contribution in [2.75, 3.05) is 11.9 Å². The summed E-state index contributed by atoms with van der Waals surface area (Å²) in [5.74, 6) is 0.0448. The number of carbonyl (C=O) groups excluding carboxylic acids is 1. The summed E-state index contributed by atoms with van der Waals surface area (Å²) in [4.78, 5) is 22.4. The van der Waals surface area contributed by atoms with Crippen molar-refractivity contribution in [2.24, 2.45) is 5.92 Å². The first-order valence-electron chi connectivity index (χ1n) is 6.28. The maximum Gasteiger partial charge on any atom is 0.292 e. The molecule has 0 aromatic heterocycles. The number of amides is 1. The fourth-order valence-corrected chi connectivity index (χ4v) is 2.26. The number of nitro benzene ring substituents is 1. The SMILES string of the molecule is Cc1ccc([N+](=O)[O-])c(N[C@@H]2C(=O)NCC[C@@H]2C)c1. The molecule has 19 heavy (non-hydrogen) atoms. The summed E-state index contributed by atoms with van der Waals surface area (Å²) in [5, 5.41) is 16.8. The molecule has 1 aromatic rings. The number of piperidine rings is 1. The number of nitrogens with zero attached hydrogens (tertiary/aromatic N) is 1. The molecule has 0 spiro atoms. The quantitative estimate of drug-likeness (QED) is 0.643. The highest BCUT2D eigenvalue weighted by atomic mass is 16.6. The van der Waals surface area contributed by atoms with Crippen molar-refractivity contribution >= 4 is 17.3 Å². The summed E-state index contributed by atoms with van der Waals surface area (Å²) in [7, 11) is 0. The van der Waals surface area contributed by atoms with Gasteiger partial charge in [0.2, 0.25) is 5.91 Å². The van der Waals surface area contributed by atoms with E-state index >= 15 is 0 Å². The van der Waals surface area contributed by atoms with Crippen LogP contribution < -0.4 is 10.6 Å². The van der Waals surface area contributed by atoms with Crippen molar-refractivity contribution in [3.8, 4) is 0 Å². The van der Waals surface area contributed by atoms with Gasteiger partial charge < -0.3 is 10.6 Å².